The van der Waals surface area contributed by atoms with Gasteiger partial charge in [-0.05, 0) is 13.0 Å². The van der Waals surface area contributed by atoms with Crippen molar-refractivity contribution >= 4 is 6.08 Å². The lowest BCUT2D eigenvalue weighted by Crippen LogP contribution is -1.95. The van der Waals surface area contributed by atoms with Gasteiger partial charge in [-0.15, -0.1) is 0 Å². The third-order valence-corrected chi connectivity index (χ3v) is 1.65. The molecule has 2 N–H and O–H groups in total. The predicted molar refractivity (Wildman–Crippen MR) is 55.7 cm³/mol. The van der Waals surface area contributed by atoms with E-state index in [1.54, 1.807) is 0 Å². The molecule has 1 rings (SSSR count). The van der Waals surface area contributed by atoms with E-state index in [1.807, 2.05) is 43.3 Å². The van der Waals surface area contributed by atoms with Gasteiger partial charge in [-0.25, -0.2) is 0 Å². The maximum Gasteiger partial charge on any atom is 0.126 e. The standard InChI is InChI=1S/C11H15NO/c1-2-13-11-8-4-3-6-10(11)7-5-9-12/h3-8H,2,9,12H2,1H3/b7-5+. The number of rotatable bonds is 4. The van der Waals surface area contributed by atoms with E-state index < -0.39 is 0 Å². The number of ether oxygens (including phenoxy) is 1. The van der Waals surface area contributed by atoms with Crippen LogP contribution in [0.2, 0.25) is 0 Å². The first kappa shape index (κ1) is 9.81. The summed E-state index contributed by atoms with van der Waals surface area (Å²) in [6.45, 7) is 3.22. The van der Waals surface area contributed by atoms with Crippen molar-refractivity contribution in [1.82, 2.24) is 0 Å². The lowest BCUT2D eigenvalue weighted by Gasteiger charge is -2.05. The minimum absolute atomic E-state index is 0.556. The van der Waals surface area contributed by atoms with Crippen LogP contribution < -0.4 is 10.5 Å². The predicted octanol–water partition coefficient (Wildman–Crippen LogP) is 2.06. The summed E-state index contributed by atoms with van der Waals surface area (Å²) in [6.07, 6.45) is 3.89. The molecule has 0 amide bonds. The third-order valence-electron chi connectivity index (χ3n) is 1.65. The van der Waals surface area contributed by atoms with Gasteiger partial charge in [-0.3, -0.25) is 0 Å². The molecule has 0 saturated heterocycles. The van der Waals surface area contributed by atoms with Gasteiger partial charge in [0.15, 0.2) is 0 Å². The number of para-hydroxylation sites is 1. The first-order valence-electron chi connectivity index (χ1n) is 4.47. The van der Waals surface area contributed by atoms with Crippen molar-refractivity contribution in [3.05, 3.63) is 35.9 Å². The lowest BCUT2D eigenvalue weighted by atomic mass is 10.2. The van der Waals surface area contributed by atoms with Gasteiger partial charge in [0.1, 0.15) is 5.75 Å². The number of nitrogens with two attached hydrogens (primary N) is 1. The minimum atomic E-state index is 0.556. The van der Waals surface area contributed by atoms with Crippen LogP contribution in [0.15, 0.2) is 30.3 Å². The van der Waals surface area contributed by atoms with Gasteiger partial charge in [0.2, 0.25) is 0 Å². The first-order chi connectivity index (χ1) is 6.38. The molecule has 0 atom stereocenters. The Hall–Kier alpha value is -1.28. The second-order valence-electron chi connectivity index (χ2n) is 2.61. The summed E-state index contributed by atoms with van der Waals surface area (Å²) in [5.74, 6) is 0.912. The first-order valence-corrected chi connectivity index (χ1v) is 4.47. The summed E-state index contributed by atoms with van der Waals surface area (Å²) in [4.78, 5) is 0. The van der Waals surface area contributed by atoms with E-state index in [9.17, 15) is 0 Å². The van der Waals surface area contributed by atoms with Crippen LogP contribution in [0.3, 0.4) is 0 Å². The van der Waals surface area contributed by atoms with Gasteiger partial charge >= 0.3 is 0 Å². The van der Waals surface area contributed by atoms with E-state index in [0.29, 0.717) is 13.2 Å². The van der Waals surface area contributed by atoms with Gasteiger partial charge in [0.25, 0.3) is 0 Å². The molecule has 13 heavy (non-hydrogen) atoms. The van der Waals surface area contributed by atoms with Crippen LogP contribution in [0, 0.1) is 0 Å². The Balaban J connectivity index is 2.84. The van der Waals surface area contributed by atoms with Crippen LogP contribution in [0.25, 0.3) is 6.08 Å². The van der Waals surface area contributed by atoms with Gasteiger partial charge in [-0.1, -0.05) is 30.4 Å². The summed E-state index contributed by atoms with van der Waals surface area (Å²) in [6, 6.07) is 7.92. The zero-order chi connectivity index (χ0) is 9.52. The van der Waals surface area contributed by atoms with E-state index in [0.717, 1.165) is 11.3 Å². The largest absolute Gasteiger partial charge is 0.493 e. The molecule has 2 nitrogen and oxygen atoms in total. The van der Waals surface area contributed by atoms with Crippen LogP contribution in [0.1, 0.15) is 12.5 Å². The molecular formula is C11H15NO. The molecular weight excluding hydrogens is 162 g/mol. The molecule has 0 saturated carbocycles. The summed E-state index contributed by atoms with van der Waals surface area (Å²) in [5, 5.41) is 0. The summed E-state index contributed by atoms with van der Waals surface area (Å²) < 4.78 is 5.44. The van der Waals surface area contributed by atoms with Crippen molar-refractivity contribution in [2.24, 2.45) is 5.73 Å². The molecule has 1 aromatic carbocycles. The van der Waals surface area contributed by atoms with Gasteiger partial charge in [0.05, 0.1) is 6.61 Å². The van der Waals surface area contributed by atoms with E-state index in [2.05, 4.69) is 0 Å². The molecule has 0 heterocycles. The Morgan fingerprint density at radius 2 is 2.15 bits per heavy atom. The SMILES string of the molecule is CCOc1ccccc1/C=C/CN. The monoisotopic (exact) mass is 177 g/mol. The second kappa shape index (κ2) is 5.38. The average Bonchev–Trinajstić information content (AvgIpc) is 2.17. The number of benzene rings is 1. The number of hydrogen-bond acceptors (Lipinski definition) is 2. The topological polar surface area (TPSA) is 35.2 Å². The fraction of sp³-hybridized carbons (Fsp3) is 0.273. The van der Waals surface area contributed by atoms with Crippen molar-refractivity contribution in [2.75, 3.05) is 13.2 Å². The van der Waals surface area contributed by atoms with Crippen LogP contribution in [-0.4, -0.2) is 13.2 Å². The Labute approximate surface area is 79.0 Å². The molecule has 2 heteroatoms. The van der Waals surface area contributed by atoms with Crippen molar-refractivity contribution in [1.29, 1.82) is 0 Å². The van der Waals surface area contributed by atoms with Gasteiger partial charge in [-0.2, -0.15) is 0 Å². The second-order valence-corrected chi connectivity index (χ2v) is 2.61. The van der Waals surface area contributed by atoms with Crippen LogP contribution in [0.5, 0.6) is 5.75 Å². The Kier molecular flexibility index (Phi) is 4.06. The Bertz CT molecular complexity index is 281. The molecule has 0 aliphatic heterocycles. The molecule has 0 radical (unpaired) electrons. The maximum atomic E-state index is 5.44. The maximum absolute atomic E-state index is 5.44. The molecule has 0 aliphatic rings. The summed E-state index contributed by atoms with van der Waals surface area (Å²) >= 11 is 0. The molecule has 0 spiro atoms. The van der Waals surface area contributed by atoms with E-state index >= 15 is 0 Å². The Morgan fingerprint density at radius 3 is 2.85 bits per heavy atom. The highest BCUT2D eigenvalue weighted by Gasteiger charge is 1.96. The van der Waals surface area contributed by atoms with Crippen molar-refractivity contribution < 1.29 is 4.74 Å². The van der Waals surface area contributed by atoms with Crippen LogP contribution in [0.4, 0.5) is 0 Å². The summed E-state index contributed by atoms with van der Waals surface area (Å²) in [7, 11) is 0. The fourth-order valence-electron chi connectivity index (χ4n) is 1.10. The molecule has 0 fully saturated rings. The highest BCUT2D eigenvalue weighted by molar-refractivity contribution is 5.57. The smallest absolute Gasteiger partial charge is 0.126 e. The number of hydrogen-bond donors (Lipinski definition) is 1. The fourth-order valence-corrected chi connectivity index (χ4v) is 1.10. The van der Waals surface area contributed by atoms with Gasteiger partial charge < -0.3 is 10.5 Å². The van der Waals surface area contributed by atoms with Crippen molar-refractivity contribution in [3.63, 3.8) is 0 Å². The molecule has 0 aliphatic carbocycles. The zero-order valence-electron chi connectivity index (χ0n) is 7.86. The molecule has 1 aromatic rings. The van der Waals surface area contributed by atoms with Gasteiger partial charge in [0, 0.05) is 12.1 Å². The normalized spacial score (nSPS) is 10.6. The third kappa shape index (κ3) is 2.92. The summed E-state index contributed by atoms with van der Waals surface area (Å²) in [5.41, 5.74) is 6.45. The minimum Gasteiger partial charge on any atom is -0.493 e. The van der Waals surface area contributed by atoms with E-state index in [-0.39, 0.29) is 0 Å². The van der Waals surface area contributed by atoms with E-state index in [1.165, 1.54) is 0 Å². The van der Waals surface area contributed by atoms with E-state index in [4.69, 9.17) is 10.5 Å². The quantitative estimate of drug-likeness (QED) is 0.764. The average molecular weight is 177 g/mol. The molecule has 0 bridgehead atoms. The zero-order valence-corrected chi connectivity index (χ0v) is 7.86. The highest BCUT2D eigenvalue weighted by Crippen LogP contribution is 2.18. The molecule has 0 aromatic heterocycles. The Morgan fingerprint density at radius 1 is 1.38 bits per heavy atom. The molecule has 0 unspecified atom stereocenters. The molecule has 70 valence electrons. The van der Waals surface area contributed by atoms with Crippen molar-refractivity contribution in [2.45, 2.75) is 6.92 Å². The van der Waals surface area contributed by atoms with Crippen molar-refractivity contribution in [3.8, 4) is 5.75 Å². The lowest BCUT2D eigenvalue weighted by molar-refractivity contribution is 0.339. The van der Waals surface area contributed by atoms with Crippen LogP contribution in [-0.2, 0) is 0 Å². The highest BCUT2D eigenvalue weighted by atomic mass is 16.5. The van der Waals surface area contributed by atoms with Crippen LogP contribution >= 0.6 is 0 Å².